The Morgan fingerprint density at radius 3 is 2.50 bits per heavy atom. The molecule has 12 heavy (non-hydrogen) atoms. The lowest BCUT2D eigenvalue weighted by molar-refractivity contribution is -0.153. The zero-order chi connectivity index (χ0) is 8.60. The summed E-state index contributed by atoms with van der Waals surface area (Å²) in [5.74, 6) is 1.25. The van der Waals surface area contributed by atoms with E-state index in [9.17, 15) is 0 Å². The summed E-state index contributed by atoms with van der Waals surface area (Å²) < 4.78 is 11.3. The van der Waals surface area contributed by atoms with Crippen LogP contribution in [0.1, 0.15) is 19.8 Å². The van der Waals surface area contributed by atoms with E-state index in [1.165, 1.54) is 0 Å². The third-order valence-corrected chi connectivity index (χ3v) is 3.85. The number of rotatable bonds is 1. The Bertz CT molecular complexity index is 166. The molecule has 1 spiro atoms. The van der Waals surface area contributed by atoms with Crippen molar-refractivity contribution in [3.63, 3.8) is 0 Å². The van der Waals surface area contributed by atoms with Gasteiger partial charge >= 0.3 is 0 Å². The van der Waals surface area contributed by atoms with Gasteiger partial charge in [0.15, 0.2) is 5.79 Å². The van der Waals surface area contributed by atoms with Crippen molar-refractivity contribution in [2.24, 2.45) is 11.8 Å². The second-order valence-electron chi connectivity index (χ2n) is 3.91. The molecule has 0 unspecified atom stereocenters. The summed E-state index contributed by atoms with van der Waals surface area (Å²) in [5, 5.41) is 1.07. The molecule has 2 fully saturated rings. The van der Waals surface area contributed by atoms with Gasteiger partial charge in [0.2, 0.25) is 0 Å². The minimum absolute atomic E-state index is 0.197. The van der Waals surface area contributed by atoms with Crippen molar-refractivity contribution in [2.45, 2.75) is 25.6 Å². The summed E-state index contributed by atoms with van der Waals surface area (Å²) >= 11 is 3.54. The third-order valence-electron chi connectivity index (χ3n) is 3.02. The lowest BCUT2D eigenvalue weighted by Gasteiger charge is -2.21. The monoisotopic (exact) mass is 234 g/mol. The molecule has 0 N–H and O–H groups in total. The van der Waals surface area contributed by atoms with Crippen molar-refractivity contribution in [1.82, 2.24) is 0 Å². The molecule has 1 saturated heterocycles. The van der Waals surface area contributed by atoms with Gasteiger partial charge in [0.05, 0.1) is 13.2 Å². The molecule has 70 valence electrons. The van der Waals surface area contributed by atoms with Gasteiger partial charge < -0.3 is 9.47 Å². The molecule has 1 heterocycles. The minimum Gasteiger partial charge on any atom is -0.348 e. The smallest absolute Gasteiger partial charge is 0.169 e. The second-order valence-corrected chi connectivity index (χ2v) is 4.56. The van der Waals surface area contributed by atoms with E-state index in [1.807, 2.05) is 0 Å². The van der Waals surface area contributed by atoms with Crippen LogP contribution in [0.25, 0.3) is 0 Å². The Balaban J connectivity index is 2.03. The average Bonchev–Trinajstić information content (AvgIpc) is 2.60. The van der Waals surface area contributed by atoms with Gasteiger partial charge in [0, 0.05) is 18.2 Å². The summed E-state index contributed by atoms with van der Waals surface area (Å²) in [7, 11) is 0. The minimum atomic E-state index is -0.197. The third kappa shape index (κ3) is 1.42. The van der Waals surface area contributed by atoms with E-state index in [4.69, 9.17) is 9.47 Å². The van der Waals surface area contributed by atoms with Crippen LogP contribution in [-0.4, -0.2) is 24.3 Å². The van der Waals surface area contributed by atoms with Gasteiger partial charge in [0.25, 0.3) is 0 Å². The SMILES string of the molecule is C[C@H]1CC2(C[C@H]1CBr)OCCO2. The van der Waals surface area contributed by atoms with E-state index in [0.717, 1.165) is 43.2 Å². The molecule has 0 aromatic heterocycles. The normalized spacial score (nSPS) is 39.5. The molecule has 3 heteroatoms. The first-order valence-corrected chi connectivity index (χ1v) is 5.72. The van der Waals surface area contributed by atoms with E-state index in [0.29, 0.717) is 0 Å². The largest absolute Gasteiger partial charge is 0.348 e. The zero-order valence-electron chi connectivity index (χ0n) is 7.38. The van der Waals surface area contributed by atoms with E-state index in [-0.39, 0.29) is 5.79 Å². The molecule has 0 aromatic rings. The van der Waals surface area contributed by atoms with E-state index >= 15 is 0 Å². The van der Waals surface area contributed by atoms with Crippen LogP contribution in [0.4, 0.5) is 0 Å². The molecule has 2 aliphatic rings. The van der Waals surface area contributed by atoms with Gasteiger partial charge in [-0.2, -0.15) is 0 Å². The maximum Gasteiger partial charge on any atom is 0.169 e. The van der Waals surface area contributed by atoms with Crippen LogP contribution in [0, 0.1) is 11.8 Å². The highest BCUT2D eigenvalue weighted by molar-refractivity contribution is 9.09. The van der Waals surface area contributed by atoms with E-state index in [2.05, 4.69) is 22.9 Å². The Morgan fingerprint density at radius 2 is 2.00 bits per heavy atom. The molecule has 2 nitrogen and oxygen atoms in total. The highest BCUT2D eigenvalue weighted by Crippen LogP contribution is 2.44. The number of hydrogen-bond donors (Lipinski definition) is 0. The van der Waals surface area contributed by atoms with Crippen molar-refractivity contribution in [2.75, 3.05) is 18.5 Å². The molecule has 2 atom stereocenters. The first-order valence-electron chi connectivity index (χ1n) is 4.60. The first kappa shape index (κ1) is 8.97. The summed E-state index contributed by atoms with van der Waals surface area (Å²) in [5.41, 5.74) is 0. The van der Waals surface area contributed by atoms with Crippen LogP contribution in [0.5, 0.6) is 0 Å². The van der Waals surface area contributed by atoms with Gasteiger partial charge in [-0.3, -0.25) is 0 Å². The predicted octanol–water partition coefficient (Wildman–Crippen LogP) is 2.17. The van der Waals surface area contributed by atoms with Crippen molar-refractivity contribution in [3.05, 3.63) is 0 Å². The quantitative estimate of drug-likeness (QED) is 0.648. The molecule has 1 saturated carbocycles. The Kier molecular flexibility index (Phi) is 2.45. The van der Waals surface area contributed by atoms with Crippen molar-refractivity contribution >= 4 is 15.9 Å². The van der Waals surface area contributed by atoms with Gasteiger partial charge in [-0.15, -0.1) is 0 Å². The van der Waals surface area contributed by atoms with Gasteiger partial charge in [-0.25, -0.2) is 0 Å². The molecule has 1 aliphatic heterocycles. The number of hydrogen-bond acceptors (Lipinski definition) is 2. The van der Waals surface area contributed by atoms with Crippen LogP contribution in [0.2, 0.25) is 0 Å². The van der Waals surface area contributed by atoms with Crippen LogP contribution in [-0.2, 0) is 9.47 Å². The Labute approximate surface area is 81.7 Å². The Hall–Kier alpha value is 0.400. The summed E-state index contributed by atoms with van der Waals surface area (Å²) in [6.07, 6.45) is 2.14. The average molecular weight is 235 g/mol. The van der Waals surface area contributed by atoms with E-state index in [1.54, 1.807) is 0 Å². The lowest BCUT2D eigenvalue weighted by atomic mass is 10.0. The summed E-state index contributed by atoms with van der Waals surface area (Å²) in [6, 6.07) is 0. The number of ether oxygens (including phenoxy) is 2. The maximum absolute atomic E-state index is 5.66. The molecule has 0 amide bonds. The molecule has 0 aromatic carbocycles. The van der Waals surface area contributed by atoms with Gasteiger partial charge in [-0.05, 0) is 11.8 Å². The molecular formula is C9H15BrO2. The van der Waals surface area contributed by atoms with Crippen LogP contribution in [0.3, 0.4) is 0 Å². The molecule has 1 aliphatic carbocycles. The highest BCUT2D eigenvalue weighted by atomic mass is 79.9. The summed E-state index contributed by atoms with van der Waals surface area (Å²) in [4.78, 5) is 0. The molecule has 0 bridgehead atoms. The lowest BCUT2D eigenvalue weighted by Crippen LogP contribution is -2.26. The topological polar surface area (TPSA) is 18.5 Å². The fourth-order valence-electron chi connectivity index (χ4n) is 2.28. The fourth-order valence-corrected chi connectivity index (χ4v) is 3.15. The zero-order valence-corrected chi connectivity index (χ0v) is 8.97. The maximum atomic E-state index is 5.66. The van der Waals surface area contributed by atoms with Crippen LogP contribution >= 0.6 is 15.9 Å². The molecule has 0 radical (unpaired) electrons. The predicted molar refractivity (Wildman–Crippen MR) is 50.3 cm³/mol. The van der Waals surface area contributed by atoms with Gasteiger partial charge in [0.1, 0.15) is 0 Å². The fraction of sp³-hybridized carbons (Fsp3) is 1.00. The van der Waals surface area contributed by atoms with Crippen LogP contribution in [0.15, 0.2) is 0 Å². The second kappa shape index (κ2) is 3.28. The van der Waals surface area contributed by atoms with Crippen molar-refractivity contribution in [1.29, 1.82) is 0 Å². The standard InChI is InChI=1S/C9H15BrO2/c1-7-4-9(5-8(7)6-10)11-2-3-12-9/h7-8H,2-6H2,1H3/t7-,8-/m0/s1. The molecular weight excluding hydrogens is 220 g/mol. The van der Waals surface area contributed by atoms with Crippen molar-refractivity contribution in [3.8, 4) is 0 Å². The van der Waals surface area contributed by atoms with Crippen molar-refractivity contribution < 1.29 is 9.47 Å². The first-order chi connectivity index (χ1) is 5.76. The number of halogens is 1. The highest BCUT2D eigenvalue weighted by Gasteiger charge is 2.47. The molecule has 2 rings (SSSR count). The van der Waals surface area contributed by atoms with E-state index < -0.39 is 0 Å². The summed E-state index contributed by atoms with van der Waals surface area (Å²) in [6.45, 7) is 3.84. The van der Waals surface area contributed by atoms with Crippen LogP contribution < -0.4 is 0 Å². The Morgan fingerprint density at radius 1 is 1.33 bits per heavy atom. The number of alkyl halides is 1. The van der Waals surface area contributed by atoms with Gasteiger partial charge in [-0.1, -0.05) is 22.9 Å².